The number of alkyl halides is 1. The Bertz CT molecular complexity index is 119. The third-order valence-electron chi connectivity index (χ3n) is 1.30. The molecule has 0 spiro atoms. The van der Waals surface area contributed by atoms with Crippen LogP contribution in [-0.4, -0.2) is 36.4 Å². The standard InChI is InChI=1S/C7H15BrN2O/c1-3-9-7(11)10(2)6-4-5-8/h3-6H2,1-2H3,(H,9,11). The quantitative estimate of drug-likeness (QED) is 0.718. The van der Waals surface area contributed by atoms with Crippen LogP contribution in [0.15, 0.2) is 0 Å². The van der Waals surface area contributed by atoms with Crippen molar-refractivity contribution in [1.29, 1.82) is 0 Å². The number of amides is 2. The van der Waals surface area contributed by atoms with Crippen molar-refractivity contribution in [3.63, 3.8) is 0 Å². The molecule has 0 fully saturated rings. The van der Waals surface area contributed by atoms with Crippen molar-refractivity contribution in [3.8, 4) is 0 Å². The Morgan fingerprint density at radius 3 is 2.73 bits per heavy atom. The van der Waals surface area contributed by atoms with Crippen LogP contribution >= 0.6 is 15.9 Å². The first-order valence-corrected chi connectivity index (χ1v) is 4.89. The van der Waals surface area contributed by atoms with Gasteiger partial charge in [0, 0.05) is 25.5 Å². The van der Waals surface area contributed by atoms with E-state index in [4.69, 9.17) is 0 Å². The highest BCUT2D eigenvalue weighted by Gasteiger charge is 2.04. The van der Waals surface area contributed by atoms with Gasteiger partial charge in [0.1, 0.15) is 0 Å². The predicted molar refractivity (Wildman–Crippen MR) is 50.1 cm³/mol. The molecule has 0 aromatic heterocycles. The Morgan fingerprint density at radius 1 is 1.64 bits per heavy atom. The third-order valence-corrected chi connectivity index (χ3v) is 1.86. The average molecular weight is 223 g/mol. The molecule has 0 bridgehead atoms. The number of carbonyl (C=O) groups is 1. The first-order valence-electron chi connectivity index (χ1n) is 3.77. The van der Waals surface area contributed by atoms with Crippen molar-refractivity contribution in [3.05, 3.63) is 0 Å². The van der Waals surface area contributed by atoms with Crippen LogP contribution in [0.2, 0.25) is 0 Å². The largest absolute Gasteiger partial charge is 0.338 e. The smallest absolute Gasteiger partial charge is 0.317 e. The van der Waals surface area contributed by atoms with Crippen LogP contribution in [0.1, 0.15) is 13.3 Å². The van der Waals surface area contributed by atoms with Crippen LogP contribution in [-0.2, 0) is 0 Å². The van der Waals surface area contributed by atoms with E-state index in [1.165, 1.54) is 0 Å². The van der Waals surface area contributed by atoms with E-state index in [1.54, 1.807) is 11.9 Å². The lowest BCUT2D eigenvalue weighted by Gasteiger charge is -2.16. The maximum absolute atomic E-state index is 11.0. The molecule has 0 heterocycles. The Morgan fingerprint density at radius 2 is 2.27 bits per heavy atom. The van der Waals surface area contributed by atoms with Gasteiger partial charge in [-0.05, 0) is 13.3 Å². The minimum atomic E-state index is 0.00782. The number of urea groups is 1. The summed E-state index contributed by atoms with van der Waals surface area (Å²) in [5.41, 5.74) is 0. The Hall–Kier alpha value is -0.250. The summed E-state index contributed by atoms with van der Waals surface area (Å²) in [5.74, 6) is 0. The summed E-state index contributed by atoms with van der Waals surface area (Å²) < 4.78 is 0. The van der Waals surface area contributed by atoms with Gasteiger partial charge in [0.25, 0.3) is 0 Å². The summed E-state index contributed by atoms with van der Waals surface area (Å²) in [6.45, 7) is 3.41. The molecule has 0 atom stereocenters. The van der Waals surface area contributed by atoms with Crippen LogP contribution < -0.4 is 5.32 Å². The maximum Gasteiger partial charge on any atom is 0.317 e. The van der Waals surface area contributed by atoms with Gasteiger partial charge in [-0.3, -0.25) is 0 Å². The minimum absolute atomic E-state index is 0.00782. The number of halogens is 1. The van der Waals surface area contributed by atoms with Gasteiger partial charge in [-0.25, -0.2) is 4.79 Å². The second kappa shape index (κ2) is 6.46. The molecule has 0 radical (unpaired) electrons. The lowest BCUT2D eigenvalue weighted by atomic mass is 10.4. The van der Waals surface area contributed by atoms with Crippen LogP contribution in [0, 0.1) is 0 Å². The molecule has 1 N–H and O–H groups in total. The van der Waals surface area contributed by atoms with Crippen LogP contribution in [0.5, 0.6) is 0 Å². The van der Waals surface area contributed by atoms with E-state index in [0.29, 0.717) is 6.54 Å². The first kappa shape index (κ1) is 10.8. The Labute approximate surface area is 76.3 Å². The molecular weight excluding hydrogens is 208 g/mol. The highest BCUT2D eigenvalue weighted by molar-refractivity contribution is 9.09. The van der Waals surface area contributed by atoms with E-state index in [9.17, 15) is 4.79 Å². The fraction of sp³-hybridized carbons (Fsp3) is 0.857. The van der Waals surface area contributed by atoms with Crippen molar-refractivity contribution in [2.75, 3.05) is 25.5 Å². The van der Waals surface area contributed by atoms with E-state index in [-0.39, 0.29) is 6.03 Å². The van der Waals surface area contributed by atoms with Crippen LogP contribution in [0.4, 0.5) is 4.79 Å². The van der Waals surface area contributed by atoms with Crippen LogP contribution in [0.3, 0.4) is 0 Å². The van der Waals surface area contributed by atoms with Gasteiger partial charge in [-0.15, -0.1) is 0 Å². The molecule has 0 aliphatic heterocycles. The van der Waals surface area contributed by atoms with E-state index < -0.39 is 0 Å². The van der Waals surface area contributed by atoms with E-state index >= 15 is 0 Å². The average Bonchev–Trinajstić information content (AvgIpc) is 2.00. The predicted octanol–water partition coefficient (Wildman–Crippen LogP) is 1.43. The fourth-order valence-corrected chi connectivity index (χ4v) is 0.935. The third kappa shape index (κ3) is 5.07. The molecule has 0 unspecified atom stereocenters. The highest BCUT2D eigenvalue weighted by Crippen LogP contribution is 1.91. The molecule has 0 aromatic rings. The highest BCUT2D eigenvalue weighted by atomic mass is 79.9. The second-order valence-corrected chi connectivity index (χ2v) is 3.09. The fourth-order valence-electron chi connectivity index (χ4n) is 0.685. The number of nitrogens with one attached hydrogen (secondary N) is 1. The zero-order valence-electron chi connectivity index (χ0n) is 7.06. The first-order chi connectivity index (χ1) is 5.22. The molecule has 0 rings (SSSR count). The zero-order valence-corrected chi connectivity index (χ0v) is 8.65. The molecule has 3 nitrogen and oxygen atoms in total. The maximum atomic E-state index is 11.0. The van der Waals surface area contributed by atoms with Crippen LogP contribution in [0.25, 0.3) is 0 Å². The lowest BCUT2D eigenvalue weighted by molar-refractivity contribution is 0.209. The Balaban J connectivity index is 3.46. The summed E-state index contributed by atoms with van der Waals surface area (Å²) in [4.78, 5) is 12.7. The van der Waals surface area contributed by atoms with Crippen molar-refractivity contribution < 1.29 is 4.79 Å². The topological polar surface area (TPSA) is 32.3 Å². The SMILES string of the molecule is CCNC(=O)N(C)CCCBr. The van der Waals surface area contributed by atoms with E-state index in [0.717, 1.165) is 18.3 Å². The molecule has 66 valence electrons. The molecule has 11 heavy (non-hydrogen) atoms. The van der Waals surface area contributed by atoms with Crippen molar-refractivity contribution in [1.82, 2.24) is 10.2 Å². The van der Waals surface area contributed by atoms with Gasteiger partial charge >= 0.3 is 6.03 Å². The molecule has 0 saturated carbocycles. The molecular formula is C7H15BrN2O. The van der Waals surface area contributed by atoms with E-state index in [1.807, 2.05) is 6.92 Å². The van der Waals surface area contributed by atoms with Gasteiger partial charge in [0.15, 0.2) is 0 Å². The van der Waals surface area contributed by atoms with Crippen molar-refractivity contribution >= 4 is 22.0 Å². The number of carbonyl (C=O) groups excluding carboxylic acids is 1. The van der Waals surface area contributed by atoms with E-state index in [2.05, 4.69) is 21.2 Å². The zero-order chi connectivity index (χ0) is 8.69. The number of rotatable bonds is 4. The summed E-state index contributed by atoms with van der Waals surface area (Å²) in [7, 11) is 1.80. The molecule has 0 saturated heterocycles. The van der Waals surface area contributed by atoms with Gasteiger partial charge in [-0.1, -0.05) is 15.9 Å². The van der Waals surface area contributed by atoms with Crippen molar-refractivity contribution in [2.24, 2.45) is 0 Å². The summed E-state index contributed by atoms with van der Waals surface area (Å²) in [6.07, 6.45) is 0.994. The normalized spacial score (nSPS) is 9.36. The molecule has 0 aliphatic rings. The lowest BCUT2D eigenvalue weighted by Crippen LogP contribution is -2.37. The minimum Gasteiger partial charge on any atom is -0.338 e. The van der Waals surface area contributed by atoms with Gasteiger partial charge in [0.2, 0.25) is 0 Å². The molecule has 4 heteroatoms. The number of nitrogens with zero attached hydrogens (tertiary/aromatic N) is 1. The number of hydrogen-bond acceptors (Lipinski definition) is 1. The Kier molecular flexibility index (Phi) is 6.31. The molecule has 2 amide bonds. The molecule has 0 aromatic carbocycles. The summed E-state index contributed by atoms with van der Waals surface area (Å²) in [5, 5.41) is 3.67. The number of hydrogen-bond donors (Lipinski definition) is 1. The van der Waals surface area contributed by atoms with Gasteiger partial charge < -0.3 is 10.2 Å². The van der Waals surface area contributed by atoms with Gasteiger partial charge in [-0.2, -0.15) is 0 Å². The second-order valence-electron chi connectivity index (χ2n) is 2.30. The van der Waals surface area contributed by atoms with Gasteiger partial charge in [0.05, 0.1) is 0 Å². The van der Waals surface area contributed by atoms with Crippen molar-refractivity contribution in [2.45, 2.75) is 13.3 Å². The summed E-state index contributed by atoms with van der Waals surface area (Å²) >= 11 is 3.31. The molecule has 0 aliphatic carbocycles. The monoisotopic (exact) mass is 222 g/mol. The summed E-state index contributed by atoms with van der Waals surface area (Å²) in [6, 6.07) is 0.00782.